The molecule has 0 saturated heterocycles. The molecule has 0 aromatic carbocycles. The standard InChI is InChI=1S/C15H31NO/c1-2-3-4-5-6-7-8-9-12-15(17)13-10-11-14(15)16/h14,17H,2-13,16H2,1H3. The molecule has 1 aliphatic rings. The second-order valence-electron chi connectivity index (χ2n) is 5.83. The highest BCUT2D eigenvalue weighted by Gasteiger charge is 2.37. The van der Waals surface area contributed by atoms with Gasteiger partial charge in [0.25, 0.3) is 0 Å². The van der Waals surface area contributed by atoms with E-state index in [9.17, 15) is 5.11 Å². The van der Waals surface area contributed by atoms with Crippen molar-refractivity contribution in [2.75, 3.05) is 0 Å². The van der Waals surface area contributed by atoms with Crippen molar-refractivity contribution >= 4 is 0 Å². The zero-order valence-corrected chi connectivity index (χ0v) is 11.6. The first-order chi connectivity index (χ1) is 8.19. The lowest BCUT2D eigenvalue weighted by molar-refractivity contribution is 0.0210. The molecule has 3 N–H and O–H groups in total. The van der Waals surface area contributed by atoms with Crippen LogP contribution in [0, 0.1) is 0 Å². The summed E-state index contributed by atoms with van der Waals surface area (Å²) >= 11 is 0. The molecule has 2 atom stereocenters. The third kappa shape index (κ3) is 5.39. The first-order valence-corrected chi connectivity index (χ1v) is 7.67. The summed E-state index contributed by atoms with van der Waals surface area (Å²) in [7, 11) is 0. The molecule has 0 aromatic rings. The van der Waals surface area contributed by atoms with Gasteiger partial charge in [0, 0.05) is 6.04 Å². The van der Waals surface area contributed by atoms with Crippen LogP contribution in [0.5, 0.6) is 0 Å². The average molecular weight is 241 g/mol. The van der Waals surface area contributed by atoms with Crippen molar-refractivity contribution in [3.8, 4) is 0 Å². The predicted molar refractivity (Wildman–Crippen MR) is 74.0 cm³/mol. The van der Waals surface area contributed by atoms with Gasteiger partial charge in [-0.2, -0.15) is 0 Å². The molecule has 0 spiro atoms. The highest BCUT2D eigenvalue weighted by atomic mass is 16.3. The second kappa shape index (κ2) is 8.10. The summed E-state index contributed by atoms with van der Waals surface area (Å²) in [5.74, 6) is 0. The largest absolute Gasteiger partial charge is 0.388 e. The van der Waals surface area contributed by atoms with E-state index in [1.165, 1.54) is 44.9 Å². The van der Waals surface area contributed by atoms with Crippen molar-refractivity contribution in [2.24, 2.45) is 5.73 Å². The minimum absolute atomic E-state index is 0.0343. The van der Waals surface area contributed by atoms with Crippen molar-refractivity contribution in [2.45, 2.75) is 95.6 Å². The Morgan fingerprint density at radius 1 is 1.06 bits per heavy atom. The van der Waals surface area contributed by atoms with Crippen molar-refractivity contribution in [1.29, 1.82) is 0 Å². The van der Waals surface area contributed by atoms with Crippen LogP contribution in [-0.2, 0) is 0 Å². The molecule has 2 nitrogen and oxygen atoms in total. The van der Waals surface area contributed by atoms with Crippen LogP contribution < -0.4 is 5.73 Å². The van der Waals surface area contributed by atoms with E-state index >= 15 is 0 Å². The van der Waals surface area contributed by atoms with Gasteiger partial charge < -0.3 is 10.8 Å². The SMILES string of the molecule is CCCCCCCCCCC1(O)CCCC1N. The molecule has 17 heavy (non-hydrogen) atoms. The van der Waals surface area contributed by atoms with Crippen molar-refractivity contribution in [3.63, 3.8) is 0 Å². The van der Waals surface area contributed by atoms with Crippen LogP contribution in [-0.4, -0.2) is 16.7 Å². The topological polar surface area (TPSA) is 46.2 Å². The molecule has 1 fully saturated rings. The van der Waals surface area contributed by atoms with Gasteiger partial charge in [0.2, 0.25) is 0 Å². The lowest BCUT2D eigenvalue weighted by Crippen LogP contribution is -2.43. The molecule has 0 radical (unpaired) electrons. The smallest absolute Gasteiger partial charge is 0.0797 e. The Hall–Kier alpha value is -0.0800. The molecule has 102 valence electrons. The van der Waals surface area contributed by atoms with Gasteiger partial charge in [-0.25, -0.2) is 0 Å². The van der Waals surface area contributed by atoms with E-state index in [1.807, 2.05) is 0 Å². The fourth-order valence-corrected chi connectivity index (χ4v) is 2.96. The Morgan fingerprint density at radius 2 is 1.65 bits per heavy atom. The third-order valence-corrected chi connectivity index (χ3v) is 4.28. The second-order valence-corrected chi connectivity index (χ2v) is 5.83. The van der Waals surface area contributed by atoms with Crippen LogP contribution in [0.1, 0.15) is 84.0 Å². The molecule has 2 heteroatoms. The zero-order valence-electron chi connectivity index (χ0n) is 11.6. The normalized spacial score (nSPS) is 28.8. The maximum absolute atomic E-state index is 10.3. The van der Waals surface area contributed by atoms with E-state index in [0.29, 0.717) is 0 Å². The Labute approximate surface area is 107 Å². The van der Waals surface area contributed by atoms with Gasteiger partial charge in [-0.1, -0.05) is 58.3 Å². The van der Waals surface area contributed by atoms with Crippen LogP contribution in [0.15, 0.2) is 0 Å². The highest BCUT2D eigenvalue weighted by Crippen LogP contribution is 2.33. The van der Waals surface area contributed by atoms with Crippen molar-refractivity contribution < 1.29 is 5.11 Å². The lowest BCUT2D eigenvalue weighted by Gasteiger charge is -2.27. The molecular formula is C15H31NO. The van der Waals surface area contributed by atoms with E-state index in [-0.39, 0.29) is 6.04 Å². The Balaban J connectivity index is 1.93. The van der Waals surface area contributed by atoms with Gasteiger partial charge in [-0.05, 0) is 25.7 Å². The molecule has 0 bridgehead atoms. The van der Waals surface area contributed by atoms with E-state index in [1.54, 1.807) is 0 Å². The number of hydrogen-bond donors (Lipinski definition) is 2. The van der Waals surface area contributed by atoms with E-state index in [0.717, 1.165) is 32.1 Å². The molecule has 2 unspecified atom stereocenters. The predicted octanol–water partition coefficient (Wildman–Crippen LogP) is 3.76. The highest BCUT2D eigenvalue weighted by molar-refractivity contribution is 4.94. The van der Waals surface area contributed by atoms with Gasteiger partial charge >= 0.3 is 0 Å². The summed E-state index contributed by atoms with van der Waals surface area (Å²) in [6.07, 6.45) is 14.6. The number of rotatable bonds is 9. The molecule has 0 aliphatic heterocycles. The van der Waals surface area contributed by atoms with Gasteiger partial charge in [0.15, 0.2) is 0 Å². The summed E-state index contributed by atoms with van der Waals surface area (Å²) in [4.78, 5) is 0. The molecule has 1 saturated carbocycles. The monoisotopic (exact) mass is 241 g/mol. The van der Waals surface area contributed by atoms with Gasteiger partial charge in [-0.3, -0.25) is 0 Å². The number of hydrogen-bond acceptors (Lipinski definition) is 2. The quantitative estimate of drug-likeness (QED) is 0.604. The lowest BCUT2D eigenvalue weighted by atomic mass is 9.91. The van der Waals surface area contributed by atoms with E-state index < -0.39 is 5.60 Å². The van der Waals surface area contributed by atoms with Crippen LogP contribution in [0.4, 0.5) is 0 Å². The van der Waals surface area contributed by atoms with Crippen molar-refractivity contribution in [1.82, 2.24) is 0 Å². The fourth-order valence-electron chi connectivity index (χ4n) is 2.96. The van der Waals surface area contributed by atoms with E-state index in [2.05, 4.69) is 6.92 Å². The minimum atomic E-state index is -0.526. The molecule has 0 amide bonds. The minimum Gasteiger partial charge on any atom is -0.388 e. The maximum Gasteiger partial charge on any atom is 0.0797 e. The maximum atomic E-state index is 10.3. The zero-order chi connectivity index (χ0) is 12.6. The first kappa shape index (κ1) is 15.0. The molecule has 0 aromatic heterocycles. The Kier molecular flexibility index (Phi) is 7.14. The summed E-state index contributed by atoms with van der Waals surface area (Å²) in [5.41, 5.74) is 5.43. The van der Waals surface area contributed by atoms with Gasteiger partial charge in [0.05, 0.1) is 5.60 Å². The number of nitrogens with two attached hydrogens (primary N) is 1. The summed E-state index contributed by atoms with van der Waals surface area (Å²) in [5, 5.41) is 10.3. The Morgan fingerprint density at radius 3 is 2.18 bits per heavy atom. The summed E-state index contributed by atoms with van der Waals surface area (Å²) in [6.45, 7) is 2.26. The first-order valence-electron chi connectivity index (χ1n) is 7.67. The molecule has 1 rings (SSSR count). The summed E-state index contributed by atoms with van der Waals surface area (Å²) < 4.78 is 0. The van der Waals surface area contributed by atoms with Crippen LogP contribution in [0.2, 0.25) is 0 Å². The molecule has 1 aliphatic carbocycles. The third-order valence-electron chi connectivity index (χ3n) is 4.28. The van der Waals surface area contributed by atoms with Gasteiger partial charge in [0.1, 0.15) is 0 Å². The molecule has 0 heterocycles. The fraction of sp³-hybridized carbons (Fsp3) is 1.00. The van der Waals surface area contributed by atoms with Gasteiger partial charge in [-0.15, -0.1) is 0 Å². The van der Waals surface area contributed by atoms with Crippen LogP contribution >= 0.6 is 0 Å². The van der Waals surface area contributed by atoms with E-state index in [4.69, 9.17) is 5.73 Å². The van der Waals surface area contributed by atoms with Crippen LogP contribution in [0.25, 0.3) is 0 Å². The molecular weight excluding hydrogens is 210 g/mol. The number of aliphatic hydroxyl groups is 1. The average Bonchev–Trinajstić information content (AvgIpc) is 2.63. The number of unbranched alkanes of at least 4 members (excludes halogenated alkanes) is 7. The van der Waals surface area contributed by atoms with Crippen LogP contribution in [0.3, 0.4) is 0 Å². The van der Waals surface area contributed by atoms with Crippen molar-refractivity contribution in [3.05, 3.63) is 0 Å². The summed E-state index contributed by atoms with van der Waals surface area (Å²) in [6, 6.07) is 0.0343. The Bertz CT molecular complexity index is 195.